The molecule has 0 spiro atoms. The van der Waals surface area contributed by atoms with Gasteiger partial charge in [0.25, 0.3) is 0 Å². The molecule has 2 aliphatic rings. The van der Waals surface area contributed by atoms with E-state index >= 15 is 0 Å². The van der Waals surface area contributed by atoms with E-state index in [1.54, 1.807) is 0 Å². The van der Waals surface area contributed by atoms with Crippen molar-refractivity contribution in [2.45, 2.75) is 4.90 Å². The number of carbonyl (C=O) groups is 3. The van der Waals surface area contributed by atoms with Crippen LogP contribution < -0.4 is 11.1 Å². The van der Waals surface area contributed by atoms with Crippen molar-refractivity contribution in [3.63, 3.8) is 0 Å². The first-order chi connectivity index (χ1) is 14.5. The number of nitrogens with one attached hydrogen (secondary N) is 1. The quantitative estimate of drug-likeness (QED) is 0.539. The molecule has 1 aromatic carbocycles. The molecular weight excluding hydrogens is 406 g/mol. The molecule has 30 heavy (non-hydrogen) atoms. The van der Waals surface area contributed by atoms with Gasteiger partial charge in [-0.25, -0.2) is 0 Å². The van der Waals surface area contributed by atoms with Crippen LogP contribution in [0.3, 0.4) is 0 Å². The van der Waals surface area contributed by atoms with Crippen LogP contribution in [0.1, 0.15) is 0 Å². The number of carbonyl (C=O) groups excluding carboxylic acids is 3. The number of thioether (sulfide) groups is 1. The molecule has 0 bridgehead atoms. The number of morpholine rings is 1. The van der Waals surface area contributed by atoms with Gasteiger partial charge in [-0.15, -0.1) is 11.8 Å². The van der Waals surface area contributed by atoms with Crippen LogP contribution in [-0.4, -0.2) is 104 Å². The SMILES string of the molecule is NC(=O)CSc1ccccc1NC(=O)CN1CCN(C(=O)CN2CCOCC2)CC1. The van der Waals surface area contributed by atoms with Gasteiger partial charge in [0.1, 0.15) is 0 Å². The number of hydrogen-bond acceptors (Lipinski definition) is 7. The summed E-state index contributed by atoms with van der Waals surface area (Å²) in [5.41, 5.74) is 5.88. The number of primary amides is 1. The molecule has 0 aromatic heterocycles. The van der Waals surface area contributed by atoms with Crippen LogP contribution >= 0.6 is 11.8 Å². The fraction of sp³-hybridized carbons (Fsp3) is 0.550. The Morgan fingerprint density at radius 2 is 1.63 bits per heavy atom. The maximum Gasteiger partial charge on any atom is 0.238 e. The molecule has 2 saturated heterocycles. The first kappa shape index (κ1) is 22.5. The first-order valence-electron chi connectivity index (χ1n) is 10.1. The first-order valence-corrected chi connectivity index (χ1v) is 11.1. The molecule has 2 heterocycles. The zero-order valence-corrected chi connectivity index (χ0v) is 17.9. The zero-order chi connectivity index (χ0) is 21.3. The van der Waals surface area contributed by atoms with Gasteiger partial charge in [0.2, 0.25) is 17.7 Å². The fourth-order valence-corrected chi connectivity index (χ4v) is 4.19. The van der Waals surface area contributed by atoms with E-state index in [2.05, 4.69) is 10.2 Å². The van der Waals surface area contributed by atoms with Gasteiger partial charge in [-0.3, -0.25) is 24.2 Å². The molecule has 3 rings (SSSR count). The molecule has 10 heteroatoms. The summed E-state index contributed by atoms with van der Waals surface area (Å²) < 4.78 is 5.32. The Hall–Kier alpha value is -2.14. The lowest BCUT2D eigenvalue weighted by Gasteiger charge is -2.36. The molecule has 0 saturated carbocycles. The largest absolute Gasteiger partial charge is 0.379 e. The van der Waals surface area contributed by atoms with E-state index in [9.17, 15) is 14.4 Å². The van der Waals surface area contributed by atoms with Crippen molar-refractivity contribution in [2.24, 2.45) is 5.73 Å². The number of ether oxygens (including phenoxy) is 1. The predicted octanol–water partition coefficient (Wildman–Crippen LogP) is -0.321. The van der Waals surface area contributed by atoms with Gasteiger partial charge in [0, 0.05) is 44.2 Å². The summed E-state index contributed by atoms with van der Waals surface area (Å²) in [5.74, 6) is -0.216. The van der Waals surface area contributed by atoms with Crippen LogP contribution in [0.4, 0.5) is 5.69 Å². The minimum absolute atomic E-state index is 0.116. The van der Waals surface area contributed by atoms with E-state index in [-0.39, 0.29) is 24.1 Å². The summed E-state index contributed by atoms with van der Waals surface area (Å²) in [4.78, 5) is 42.9. The molecule has 0 aliphatic carbocycles. The number of benzene rings is 1. The number of piperazine rings is 1. The van der Waals surface area contributed by atoms with Gasteiger partial charge in [-0.05, 0) is 12.1 Å². The lowest BCUT2D eigenvalue weighted by atomic mass is 10.2. The number of nitrogens with zero attached hydrogens (tertiary/aromatic N) is 3. The second-order valence-electron chi connectivity index (χ2n) is 7.34. The molecule has 9 nitrogen and oxygen atoms in total. The molecule has 1 aromatic rings. The Morgan fingerprint density at radius 3 is 2.33 bits per heavy atom. The van der Waals surface area contributed by atoms with Crippen LogP contribution in [0.25, 0.3) is 0 Å². The number of para-hydroxylation sites is 1. The summed E-state index contributed by atoms with van der Waals surface area (Å²) in [5, 5.41) is 2.92. The summed E-state index contributed by atoms with van der Waals surface area (Å²) >= 11 is 1.30. The maximum absolute atomic E-state index is 12.5. The Morgan fingerprint density at radius 1 is 0.967 bits per heavy atom. The predicted molar refractivity (Wildman–Crippen MR) is 115 cm³/mol. The van der Waals surface area contributed by atoms with Gasteiger partial charge in [-0.1, -0.05) is 12.1 Å². The number of anilines is 1. The molecule has 2 aliphatic heterocycles. The van der Waals surface area contributed by atoms with E-state index < -0.39 is 5.91 Å². The maximum atomic E-state index is 12.5. The lowest BCUT2D eigenvalue weighted by Crippen LogP contribution is -2.53. The normalized spacial score (nSPS) is 18.2. The third-order valence-corrected chi connectivity index (χ3v) is 6.18. The summed E-state index contributed by atoms with van der Waals surface area (Å²) in [6.07, 6.45) is 0. The van der Waals surface area contributed by atoms with Crippen LogP contribution in [0.15, 0.2) is 29.2 Å². The smallest absolute Gasteiger partial charge is 0.238 e. The van der Waals surface area contributed by atoms with E-state index in [1.807, 2.05) is 34.1 Å². The van der Waals surface area contributed by atoms with Crippen LogP contribution in [0, 0.1) is 0 Å². The topological polar surface area (TPSA) is 108 Å². The molecular formula is C20H29N5O4S. The van der Waals surface area contributed by atoms with Gasteiger partial charge in [0.15, 0.2) is 0 Å². The van der Waals surface area contributed by atoms with Gasteiger partial charge in [-0.2, -0.15) is 0 Å². The highest BCUT2D eigenvalue weighted by Crippen LogP contribution is 2.26. The highest BCUT2D eigenvalue weighted by atomic mass is 32.2. The minimum Gasteiger partial charge on any atom is -0.379 e. The second kappa shape index (κ2) is 11.3. The summed E-state index contributed by atoms with van der Waals surface area (Å²) in [6, 6.07) is 7.35. The van der Waals surface area contributed by atoms with Crippen molar-refractivity contribution in [3.05, 3.63) is 24.3 Å². The second-order valence-corrected chi connectivity index (χ2v) is 8.36. The van der Waals surface area contributed by atoms with Crippen LogP contribution in [-0.2, 0) is 19.1 Å². The third kappa shape index (κ3) is 6.98. The van der Waals surface area contributed by atoms with Gasteiger partial charge < -0.3 is 20.7 Å². The summed E-state index contributed by atoms with van der Waals surface area (Å²) in [7, 11) is 0. The Labute approximate surface area is 180 Å². The van der Waals surface area contributed by atoms with Crippen LogP contribution in [0.2, 0.25) is 0 Å². The fourth-order valence-electron chi connectivity index (χ4n) is 3.44. The van der Waals surface area contributed by atoms with E-state index in [0.29, 0.717) is 51.6 Å². The number of nitrogens with two attached hydrogens (primary N) is 1. The molecule has 0 atom stereocenters. The molecule has 0 radical (unpaired) electrons. The van der Waals surface area contributed by atoms with E-state index in [4.69, 9.17) is 10.5 Å². The molecule has 2 fully saturated rings. The number of hydrogen-bond donors (Lipinski definition) is 2. The Kier molecular flexibility index (Phi) is 8.50. The average molecular weight is 436 g/mol. The highest BCUT2D eigenvalue weighted by Gasteiger charge is 2.24. The number of rotatable bonds is 8. The van der Waals surface area contributed by atoms with Crippen molar-refractivity contribution in [2.75, 3.05) is 76.6 Å². The van der Waals surface area contributed by atoms with Crippen LogP contribution in [0.5, 0.6) is 0 Å². The van der Waals surface area contributed by atoms with Crippen molar-refractivity contribution < 1.29 is 19.1 Å². The zero-order valence-electron chi connectivity index (χ0n) is 17.0. The standard InChI is InChI=1S/C20H29N5O4S/c21-18(26)15-30-17-4-2-1-3-16(17)22-19(27)13-23-5-7-25(8-6-23)20(28)14-24-9-11-29-12-10-24/h1-4H,5-15H2,(H2,21,26)(H,22,27). The highest BCUT2D eigenvalue weighted by molar-refractivity contribution is 8.00. The van der Waals surface area contributed by atoms with E-state index in [1.165, 1.54) is 11.8 Å². The van der Waals surface area contributed by atoms with Crippen molar-refractivity contribution in [1.29, 1.82) is 0 Å². The van der Waals surface area contributed by atoms with Crippen molar-refractivity contribution in [3.8, 4) is 0 Å². The lowest BCUT2D eigenvalue weighted by molar-refractivity contribution is -0.135. The van der Waals surface area contributed by atoms with E-state index in [0.717, 1.165) is 18.0 Å². The third-order valence-electron chi connectivity index (χ3n) is 5.09. The summed E-state index contributed by atoms with van der Waals surface area (Å²) in [6.45, 7) is 6.24. The minimum atomic E-state index is -0.401. The monoisotopic (exact) mass is 435 g/mol. The molecule has 0 unspecified atom stereocenters. The Bertz CT molecular complexity index is 748. The average Bonchev–Trinajstić information content (AvgIpc) is 2.74. The molecule has 3 amide bonds. The van der Waals surface area contributed by atoms with Crippen molar-refractivity contribution in [1.82, 2.24) is 14.7 Å². The van der Waals surface area contributed by atoms with Gasteiger partial charge >= 0.3 is 0 Å². The van der Waals surface area contributed by atoms with Gasteiger partial charge in [0.05, 0.1) is 37.7 Å². The molecule has 164 valence electrons. The van der Waals surface area contributed by atoms with Crippen molar-refractivity contribution >= 4 is 35.2 Å². The molecule has 3 N–H and O–H groups in total. The Balaban J connectivity index is 1.42. The number of amides is 3.